The van der Waals surface area contributed by atoms with Gasteiger partial charge in [0.25, 0.3) is 0 Å². The van der Waals surface area contributed by atoms with Crippen LogP contribution in [0, 0.1) is 6.92 Å². The van der Waals surface area contributed by atoms with Gasteiger partial charge in [-0.05, 0) is 6.92 Å². The molecule has 1 heterocycles. The zero-order valence-electron chi connectivity index (χ0n) is 12.7. The quantitative estimate of drug-likeness (QED) is 0.738. The van der Waals surface area contributed by atoms with Crippen LogP contribution in [0.15, 0.2) is 51.7 Å². The maximum atomic E-state index is 12.5. The van der Waals surface area contributed by atoms with Crippen LogP contribution in [0.3, 0.4) is 0 Å². The Bertz CT molecular complexity index is 879. The first kappa shape index (κ1) is 14.2. The van der Waals surface area contributed by atoms with Crippen LogP contribution in [-0.2, 0) is 0 Å². The average Bonchev–Trinajstić information content (AvgIpc) is 2.56. The molecule has 4 nitrogen and oxygen atoms in total. The first-order valence-corrected chi connectivity index (χ1v) is 6.90. The molecule has 0 amide bonds. The van der Waals surface area contributed by atoms with Gasteiger partial charge in [0.05, 0.1) is 14.2 Å². The van der Waals surface area contributed by atoms with E-state index in [1.807, 2.05) is 37.3 Å². The molecule has 0 aliphatic carbocycles. The van der Waals surface area contributed by atoms with Crippen LogP contribution >= 0.6 is 0 Å². The summed E-state index contributed by atoms with van der Waals surface area (Å²) in [5.41, 5.74) is 1.97. The largest absolute Gasteiger partial charge is 0.496 e. The van der Waals surface area contributed by atoms with Gasteiger partial charge in [0.2, 0.25) is 0 Å². The van der Waals surface area contributed by atoms with Crippen molar-refractivity contribution in [3.8, 4) is 22.8 Å². The third-order valence-electron chi connectivity index (χ3n) is 3.66. The van der Waals surface area contributed by atoms with Crippen molar-refractivity contribution in [1.29, 1.82) is 0 Å². The van der Waals surface area contributed by atoms with Gasteiger partial charge in [-0.3, -0.25) is 4.79 Å². The molecule has 22 heavy (non-hydrogen) atoms. The number of hydrogen-bond donors (Lipinski definition) is 0. The van der Waals surface area contributed by atoms with Gasteiger partial charge in [-0.15, -0.1) is 0 Å². The highest BCUT2D eigenvalue weighted by Gasteiger charge is 2.17. The van der Waals surface area contributed by atoms with Crippen LogP contribution in [0.4, 0.5) is 0 Å². The second-order valence-corrected chi connectivity index (χ2v) is 4.95. The molecule has 0 fully saturated rings. The lowest BCUT2D eigenvalue weighted by Crippen LogP contribution is -2.04. The van der Waals surface area contributed by atoms with Crippen molar-refractivity contribution >= 4 is 11.0 Å². The minimum atomic E-state index is -0.136. The number of rotatable bonds is 3. The van der Waals surface area contributed by atoms with E-state index in [-0.39, 0.29) is 5.43 Å². The highest BCUT2D eigenvalue weighted by atomic mass is 16.5. The molecule has 2 aromatic carbocycles. The molecule has 1 aromatic heterocycles. The van der Waals surface area contributed by atoms with Crippen LogP contribution in [0.5, 0.6) is 11.5 Å². The number of ether oxygens (including phenoxy) is 2. The molecule has 0 radical (unpaired) electrons. The van der Waals surface area contributed by atoms with E-state index in [1.54, 1.807) is 13.2 Å². The highest BCUT2D eigenvalue weighted by molar-refractivity contribution is 5.89. The smallest absolute Gasteiger partial charge is 0.197 e. The third kappa shape index (κ3) is 2.22. The van der Waals surface area contributed by atoms with E-state index in [1.165, 1.54) is 13.2 Å². The topological polar surface area (TPSA) is 48.7 Å². The first-order chi connectivity index (χ1) is 10.7. The standard InChI is InChI=1S/C18H16O4/c1-11-14(20-2)10-16(21-3)17-13(19)9-15(22-18(11)17)12-7-5-4-6-8-12/h4-10H,1-3H3. The molecule has 0 N–H and O–H groups in total. The van der Waals surface area contributed by atoms with E-state index in [4.69, 9.17) is 13.9 Å². The molecule has 0 spiro atoms. The van der Waals surface area contributed by atoms with E-state index < -0.39 is 0 Å². The summed E-state index contributed by atoms with van der Waals surface area (Å²) < 4.78 is 16.6. The van der Waals surface area contributed by atoms with Crippen LogP contribution in [0.25, 0.3) is 22.3 Å². The Kier molecular flexibility index (Phi) is 3.59. The molecule has 0 aliphatic heterocycles. The van der Waals surface area contributed by atoms with Crippen LogP contribution in [0.2, 0.25) is 0 Å². The summed E-state index contributed by atoms with van der Waals surface area (Å²) in [6.45, 7) is 1.86. The van der Waals surface area contributed by atoms with Gasteiger partial charge in [0.15, 0.2) is 5.43 Å². The minimum Gasteiger partial charge on any atom is -0.496 e. The number of benzene rings is 2. The third-order valence-corrected chi connectivity index (χ3v) is 3.66. The van der Waals surface area contributed by atoms with E-state index in [0.717, 1.165) is 11.1 Å². The Morgan fingerprint density at radius 3 is 2.27 bits per heavy atom. The van der Waals surface area contributed by atoms with Gasteiger partial charge in [-0.1, -0.05) is 30.3 Å². The van der Waals surface area contributed by atoms with Gasteiger partial charge in [-0.25, -0.2) is 0 Å². The summed E-state index contributed by atoms with van der Waals surface area (Å²) >= 11 is 0. The van der Waals surface area contributed by atoms with Gasteiger partial charge >= 0.3 is 0 Å². The molecule has 112 valence electrons. The summed E-state index contributed by atoms with van der Waals surface area (Å²) in [5, 5.41) is 0.431. The van der Waals surface area contributed by atoms with Crippen molar-refractivity contribution in [3.63, 3.8) is 0 Å². The van der Waals surface area contributed by atoms with E-state index in [2.05, 4.69) is 0 Å². The van der Waals surface area contributed by atoms with Crippen molar-refractivity contribution in [1.82, 2.24) is 0 Å². The van der Waals surface area contributed by atoms with Gasteiger partial charge < -0.3 is 13.9 Å². The first-order valence-electron chi connectivity index (χ1n) is 6.90. The van der Waals surface area contributed by atoms with Crippen LogP contribution in [0.1, 0.15) is 5.56 Å². The Hall–Kier alpha value is -2.75. The minimum absolute atomic E-state index is 0.136. The Balaban J connectivity index is 2.38. The van der Waals surface area contributed by atoms with Crippen molar-refractivity contribution < 1.29 is 13.9 Å². The zero-order valence-corrected chi connectivity index (χ0v) is 12.7. The number of aryl methyl sites for hydroxylation is 1. The lowest BCUT2D eigenvalue weighted by Gasteiger charge is -2.12. The summed E-state index contributed by atoms with van der Waals surface area (Å²) in [6, 6.07) is 12.7. The highest BCUT2D eigenvalue weighted by Crippen LogP contribution is 2.35. The predicted octanol–water partition coefficient (Wildman–Crippen LogP) is 3.79. The number of methoxy groups -OCH3 is 2. The Morgan fingerprint density at radius 2 is 1.64 bits per heavy atom. The monoisotopic (exact) mass is 296 g/mol. The average molecular weight is 296 g/mol. The second kappa shape index (κ2) is 5.56. The zero-order chi connectivity index (χ0) is 15.7. The molecule has 0 aliphatic rings. The van der Waals surface area contributed by atoms with Gasteiger partial charge in [-0.2, -0.15) is 0 Å². The maximum Gasteiger partial charge on any atom is 0.197 e. The summed E-state index contributed by atoms with van der Waals surface area (Å²) in [4.78, 5) is 12.5. The fourth-order valence-corrected chi connectivity index (χ4v) is 2.52. The van der Waals surface area contributed by atoms with E-state index >= 15 is 0 Å². The molecule has 3 aromatic rings. The molecule has 0 atom stereocenters. The van der Waals surface area contributed by atoms with Gasteiger partial charge in [0, 0.05) is 23.3 Å². The molecule has 0 unspecified atom stereocenters. The molecule has 0 saturated heterocycles. The molecular weight excluding hydrogens is 280 g/mol. The molecule has 0 bridgehead atoms. The van der Waals surface area contributed by atoms with E-state index in [9.17, 15) is 4.79 Å². The number of fused-ring (bicyclic) bond motifs is 1. The normalized spacial score (nSPS) is 10.7. The lowest BCUT2D eigenvalue weighted by atomic mass is 10.1. The molecule has 3 rings (SSSR count). The summed E-state index contributed by atoms with van der Waals surface area (Å²) in [7, 11) is 3.10. The molecular formula is C18H16O4. The van der Waals surface area contributed by atoms with Crippen LogP contribution < -0.4 is 14.9 Å². The summed E-state index contributed by atoms with van der Waals surface area (Å²) in [5.74, 6) is 1.60. The second-order valence-electron chi connectivity index (χ2n) is 4.95. The van der Waals surface area contributed by atoms with E-state index in [0.29, 0.717) is 28.2 Å². The fraction of sp³-hybridized carbons (Fsp3) is 0.167. The van der Waals surface area contributed by atoms with Crippen molar-refractivity contribution in [3.05, 3.63) is 58.3 Å². The van der Waals surface area contributed by atoms with Crippen molar-refractivity contribution in [2.24, 2.45) is 0 Å². The summed E-state index contributed by atoms with van der Waals surface area (Å²) in [6.07, 6.45) is 0. The fourth-order valence-electron chi connectivity index (χ4n) is 2.52. The van der Waals surface area contributed by atoms with Crippen molar-refractivity contribution in [2.75, 3.05) is 14.2 Å². The Morgan fingerprint density at radius 1 is 0.955 bits per heavy atom. The Labute approximate surface area is 127 Å². The lowest BCUT2D eigenvalue weighted by molar-refractivity contribution is 0.394. The SMILES string of the molecule is COc1cc(OC)c2c(=O)cc(-c3ccccc3)oc2c1C. The number of hydrogen-bond acceptors (Lipinski definition) is 4. The van der Waals surface area contributed by atoms with Gasteiger partial charge in [0.1, 0.15) is 28.2 Å². The van der Waals surface area contributed by atoms with Crippen LogP contribution in [-0.4, -0.2) is 14.2 Å². The molecule has 0 saturated carbocycles. The molecule has 4 heteroatoms. The maximum absolute atomic E-state index is 12.5. The van der Waals surface area contributed by atoms with Crippen molar-refractivity contribution in [2.45, 2.75) is 6.92 Å². The predicted molar refractivity (Wildman–Crippen MR) is 85.8 cm³/mol.